The highest BCUT2D eigenvalue weighted by Crippen LogP contribution is 1.91. The second kappa shape index (κ2) is 6.86. The lowest BCUT2D eigenvalue weighted by molar-refractivity contribution is -0.131. The van der Waals surface area contributed by atoms with E-state index >= 15 is 0 Å². The van der Waals surface area contributed by atoms with E-state index in [1.165, 1.54) is 0 Å². The molecule has 0 aliphatic carbocycles. The Hall–Kier alpha value is -0.610. The van der Waals surface area contributed by atoms with E-state index in [0.717, 1.165) is 19.5 Å². The molecule has 0 aromatic rings. The quantitative estimate of drug-likeness (QED) is 0.566. The van der Waals surface area contributed by atoms with Gasteiger partial charge in [-0.05, 0) is 33.4 Å². The molecule has 3 N–H and O–H groups in total. The lowest BCUT2D eigenvalue weighted by Crippen LogP contribution is -2.43. The van der Waals surface area contributed by atoms with Crippen molar-refractivity contribution < 1.29 is 4.79 Å². The molecule has 1 amide bonds. The van der Waals surface area contributed by atoms with Crippen molar-refractivity contribution in [1.82, 2.24) is 10.2 Å². The molecule has 0 radical (unpaired) electrons. The van der Waals surface area contributed by atoms with E-state index in [1.54, 1.807) is 4.90 Å². The highest BCUT2D eigenvalue weighted by Gasteiger charge is 2.14. The van der Waals surface area contributed by atoms with Gasteiger partial charge >= 0.3 is 0 Å². The first-order valence-electron chi connectivity index (χ1n) is 4.81. The van der Waals surface area contributed by atoms with Crippen molar-refractivity contribution in [3.63, 3.8) is 0 Å². The van der Waals surface area contributed by atoms with Crippen LogP contribution in [0.3, 0.4) is 0 Å². The van der Waals surface area contributed by atoms with Crippen LogP contribution in [-0.2, 0) is 4.79 Å². The first-order valence-corrected chi connectivity index (χ1v) is 4.81. The third kappa shape index (κ3) is 4.85. The SMILES string of the molecule is CCN(C)C(=O)C(C)NCCCN. The Morgan fingerprint density at radius 1 is 1.62 bits per heavy atom. The van der Waals surface area contributed by atoms with E-state index in [4.69, 9.17) is 5.73 Å². The monoisotopic (exact) mass is 187 g/mol. The number of hydrogen-bond acceptors (Lipinski definition) is 3. The normalized spacial score (nSPS) is 12.6. The summed E-state index contributed by atoms with van der Waals surface area (Å²) in [5.74, 6) is 0.138. The number of nitrogens with zero attached hydrogens (tertiary/aromatic N) is 1. The Morgan fingerprint density at radius 3 is 2.69 bits per heavy atom. The molecule has 1 atom stereocenters. The van der Waals surface area contributed by atoms with Crippen molar-refractivity contribution in [2.75, 3.05) is 26.7 Å². The smallest absolute Gasteiger partial charge is 0.239 e. The Bertz CT molecular complexity index is 150. The molecular formula is C9H21N3O. The Morgan fingerprint density at radius 2 is 2.23 bits per heavy atom. The molecular weight excluding hydrogens is 166 g/mol. The summed E-state index contributed by atoms with van der Waals surface area (Å²) in [5.41, 5.74) is 5.34. The van der Waals surface area contributed by atoms with Crippen molar-refractivity contribution >= 4 is 5.91 Å². The molecule has 0 bridgehead atoms. The second-order valence-electron chi connectivity index (χ2n) is 3.17. The third-order valence-electron chi connectivity index (χ3n) is 2.05. The highest BCUT2D eigenvalue weighted by atomic mass is 16.2. The van der Waals surface area contributed by atoms with Crippen LogP contribution in [0.1, 0.15) is 20.3 Å². The van der Waals surface area contributed by atoms with Crippen LogP contribution in [0.4, 0.5) is 0 Å². The predicted octanol–water partition coefficient (Wildman–Crippen LogP) is -0.208. The molecule has 4 heteroatoms. The van der Waals surface area contributed by atoms with Crippen molar-refractivity contribution in [3.05, 3.63) is 0 Å². The van der Waals surface area contributed by atoms with Crippen LogP contribution in [-0.4, -0.2) is 43.5 Å². The summed E-state index contributed by atoms with van der Waals surface area (Å²) < 4.78 is 0. The van der Waals surface area contributed by atoms with Gasteiger partial charge in [0.2, 0.25) is 5.91 Å². The molecule has 0 spiro atoms. The van der Waals surface area contributed by atoms with Gasteiger partial charge in [0, 0.05) is 13.6 Å². The third-order valence-corrected chi connectivity index (χ3v) is 2.05. The lowest BCUT2D eigenvalue weighted by atomic mass is 10.3. The van der Waals surface area contributed by atoms with Crippen LogP contribution in [0, 0.1) is 0 Å². The molecule has 0 heterocycles. The summed E-state index contributed by atoms with van der Waals surface area (Å²) in [4.78, 5) is 13.2. The number of likely N-dealkylation sites (N-methyl/N-ethyl adjacent to an activating group) is 1. The van der Waals surface area contributed by atoms with Crippen molar-refractivity contribution in [1.29, 1.82) is 0 Å². The molecule has 0 aromatic carbocycles. The second-order valence-corrected chi connectivity index (χ2v) is 3.17. The molecule has 0 rings (SSSR count). The highest BCUT2D eigenvalue weighted by molar-refractivity contribution is 5.81. The Labute approximate surface area is 80.5 Å². The molecule has 0 aliphatic heterocycles. The molecule has 0 fully saturated rings. The summed E-state index contributed by atoms with van der Waals surface area (Å²) in [5, 5.41) is 3.13. The van der Waals surface area contributed by atoms with E-state index in [2.05, 4.69) is 5.32 Å². The van der Waals surface area contributed by atoms with Gasteiger partial charge in [-0.2, -0.15) is 0 Å². The van der Waals surface area contributed by atoms with Gasteiger partial charge in [0.1, 0.15) is 0 Å². The summed E-state index contributed by atoms with van der Waals surface area (Å²) in [6, 6.07) is -0.100. The van der Waals surface area contributed by atoms with Crippen LogP contribution in [0.25, 0.3) is 0 Å². The minimum absolute atomic E-state index is 0.100. The fourth-order valence-electron chi connectivity index (χ4n) is 0.994. The topological polar surface area (TPSA) is 58.4 Å². The molecule has 4 nitrogen and oxygen atoms in total. The fourth-order valence-corrected chi connectivity index (χ4v) is 0.994. The number of nitrogens with one attached hydrogen (secondary N) is 1. The van der Waals surface area contributed by atoms with Gasteiger partial charge in [-0.15, -0.1) is 0 Å². The summed E-state index contributed by atoms with van der Waals surface area (Å²) in [6.45, 7) is 6.07. The van der Waals surface area contributed by atoms with E-state index in [9.17, 15) is 4.79 Å². The van der Waals surface area contributed by atoms with Crippen LogP contribution in [0.5, 0.6) is 0 Å². The van der Waals surface area contributed by atoms with Crippen LogP contribution in [0.15, 0.2) is 0 Å². The van der Waals surface area contributed by atoms with Crippen molar-refractivity contribution in [2.45, 2.75) is 26.3 Å². The van der Waals surface area contributed by atoms with Crippen molar-refractivity contribution in [2.24, 2.45) is 5.73 Å². The van der Waals surface area contributed by atoms with Crippen molar-refractivity contribution in [3.8, 4) is 0 Å². The summed E-state index contributed by atoms with van der Waals surface area (Å²) in [7, 11) is 1.81. The van der Waals surface area contributed by atoms with Gasteiger partial charge in [0.15, 0.2) is 0 Å². The molecule has 0 aliphatic rings. The van der Waals surface area contributed by atoms with Crippen LogP contribution in [0.2, 0.25) is 0 Å². The maximum absolute atomic E-state index is 11.5. The average Bonchev–Trinajstić information content (AvgIpc) is 2.15. The Kier molecular flexibility index (Phi) is 6.54. The average molecular weight is 187 g/mol. The molecule has 78 valence electrons. The number of hydrogen-bond donors (Lipinski definition) is 2. The zero-order valence-electron chi connectivity index (χ0n) is 8.84. The molecule has 13 heavy (non-hydrogen) atoms. The van der Waals surface area contributed by atoms with Gasteiger partial charge in [-0.25, -0.2) is 0 Å². The van der Waals surface area contributed by atoms with Crippen LogP contribution >= 0.6 is 0 Å². The number of amides is 1. The van der Waals surface area contributed by atoms with E-state index < -0.39 is 0 Å². The minimum Gasteiger partial charge on any atom is -0.345 e. The van der Waals surface area contributed by atoms with Gasteiger partial charge in [-0.3, -0.25) is 4.79 Å². The van der Waals surface area contributed by atoms with E-state index in [0.29, 0.717) is 6.54 Å². The molecule has 0 saturated carbocycles. The van der Waals surface area contributed by atoms with E-state index in [1.807, 2.05) is 20.9 Å². The molecule has 0 aromatic heterocycles. The maximum atomic E-state index is 11.5. The molecule has 0 saturated heterocycles. The first-order chi connectivity index (χ1) is 6.13. The number of carbonyl (C=O) groups excluding carboxylic acids is 1. The largest absolute Gasteiger partial charge is 0.345 e. The minimum atomic E-state index is -0.100. The van der Waals surface area contributed by atoms with Crippen LogP contribution < -0.4 is 11.1 Å². The first kappa shape index (κ1) is 12.4. The predicted molar refractivity (Wildman–Crippen MR) is 54.4 cm³/mol. The lowest BCUT2D eigenvalue weighted by Gasteiger charge is -2.20. The van der Waals surface area contributed by atoms with Gasteiger partial charge in [-0.1, -0.05) is 0 Å². The van der Waals surface area contributed by atoms with Gasteiger partial charge < -0.3 is 16.0 Å². The number of carbonyl (C=O) groups is 1. The molecule has 1 unspecified atom stereocenters. The summed E-state index contributed by atoms with van der Waals surface area (Å²) >= 11 is 0. The number of nitrogens with two attached hydrogens (primary N) is 1. The number of rotatable bonds is 6. The maximum Gasteiger partial charge on any atom is 0.239 e. The standard InChI is InChI=1S/C9H21N3O/c1-4-12(3)9(13)8(2)11-7-5-6-10/h8,11H,4-7,10H2,1-3H3. The Balaban J connectivity index is 3.69. The zero-order valence-corrected chi connectivity index (χ0v) is 8.84. The van der Waals surface area contributed by atoms with E-state index in [-0.39, 0.29) is 11.9 Å². The van der Waals surface area contributed by atoms with Gasteiger partial charge in [0.25, 0.3) is 0 Å². The van der Waals surface area contributed by atoms with Gasteiger partial charge in [0.05, 0.1) is 6.04 Å². The fraction of sp³-hybridized carbons (Fsp3) is 0.889. The zero-order chi connectivity index (χ0) is 10.3. The summed E-state index contributed by atoms with van der Waals surface area (Å²) in [6.07, 6.45) is 0.910.